The summed E-state index contributed by atoms with van der Waals surface area (Å²) in [4.78, 5) is 1.98. The Morgan fingerprint density at radius 2 is 2.29 bits per heavy atom. The summed E-state index contributed by atoms with van der Waals surface area (Å²) in [6.07, 6.45) is -0.672. The summed E-state index contributed by atoms with van der Waals surface area (Å²) in [6.45, 7) is 2.87. The molecule has 0 amide bonds. The third kappa shape index (κ3) is 4.87. The molecule has 0 aliphatic carbocycles. The second-order valence-electron chi connectivity index (χ2n) is 5.50. The third-order valence-electron chi connectivity index (χ3n) is 3.55. The Hall–Kier alpha value is -1.31. The van der Waals surface area contributed by atoms with E-state index in [1.54, 1.807) is 24.3 Å². The number of nitrogens with two attached hydrogens (primary N) is 1. The first kappa shape index (κ1) is 16.1. The Kier molecular flexibility index (Phi) is 5.08. The average Bonchev–Trinajstić information content (AvgIpc) is 2.39. The molecule has 0 saturated carbocycles. The van der Waals surface area contributed by atoms with Crippen LogP contribution in [0.2, 0.25) is 0 Å². The number of hydrogen-bond donors (Lipinski definition) is 2. The van der Waals surface area contributed by atoms with Crippen LogP contribution in [-0.4, -0.2) is 61.8 Å². The van der Waals surface area contributed by atoms with Gasteiger partial charge in [-0.3, -0.25) is 4.90 Å². The SMILES string of the molecule is CC1CS(=O)(=O)CCN1CC(O)COc1cccc(N)c1. The standard InChI is InChI=1S/C14H22N2O4S/c1-11-10-21(18,19)6-5-16(11)8-13(17)9-20-14-4-2-3-12(15)7-14/h2-4,7,11,13,17H,5-6,8-10,15H2,1H3. The Labute approximate surface area is 125 Å². The number of ether oxygens (including phenoxy) is 1. The van der Waals surface area contributed by atoms with Crippen LogP contribution < -0.4 is 10.5 Å². The minimum absolute atomic E-state index is 0.0780. The zero-order chi connectivity index (χ0) is 15.5. The van der Waals surface area contributed by atoms with Crippen molar-refractivity contribution in [1.82, 2.24) is 4.90 Å². The summed E-state index contributed by atoms with van der Waals surface area (Å²) in [6, 6.07) is 6.95. The summed E-state index contributed by atoms with van der Waals surface area (Å²) in [5.74, 6) is 0.916. The second-order valence-corrected chi connectivity index (χ2v) is 7.72. The molecule has 0 aromatic heterocycles. The van der Waals surface area contributed by atoms with Crippen molar-refractivity contribution >= 4 is 15.5 Å². The van der Waals surface area contributed by atoms with E-state index in [-0.39, 0.29) is 24.2 Å². The Balaban J connectivity index is 1.81. The van der Waals surface area contributed by atoms with Crippen LogP contribution in [0.15, 0.2) is 24.3 Å². The number of rotatable bonds is 5. The molecule has 1 aromatic carbocycles. The summed E-state index contributed by atoms with van der Waals surface area (Å²) in [5, 5.41) is 10.0. The van der Waals surface area contributed by atoms with Crippen molar-refractivity contribution in [2.75, 3.05) is 36.9 Å². The van der Waals surface area contributed by atoms with Gasteiger partial charge in [0.25, 0.3) is 0 Å². The molecule has 0 radical (unpaired) electrons. The van der Waals surface area contributed by atoms with Gasteiger partial charge < -0.3 is 15.6 Å². The molecular formula is C14H22N2O4S. The Morgan fingerprint density at radius 1 is 1.52 bits per heavy atom. The van der Waals surface area contributed by atoms with Crippen LogP contribution in [0.3, 0.4) is 0 Å². The first-order chi connectivity index (χ1) is 9.85. The highest BCUT2D eigenvalue weighted by molar-refractivity contribution is 7.91. The number of nitrogen functional groups attached to an aromatic ring is 1. The monoisotopic (exact) mass is 314 g/mol. The van der Waals surface area contributed by atoms with Crippen LogP contribution in [-0.2, 0) is 9.84 Å². The van der Waals surface area contributed by atoms with E-state index < -0.39 is 15.9 Å². The van der Waals surface area contributed by atoms with Gasteiger partial charge in [0.15, 0.2) is 9.84 Å². The number of nitrogens with zero attached hydrogens (tertiary/aromatic N) is 1. The van der Waals surface area contributed by atoms with Crippen molar-refractivity contribution in [3.8, 4) is 5.75 Å². The molecule has 1 heterocycles. The fourth-order valence-corrected chi connectivity index (χ4v) is 4.05. The summed E-state index contributed by atoms with van der Waals surface area (Å²) in [5.41, 5.74) is 6.26. The van der Waals surface area contributed by atoms with Gasteiger partial charge in [0.2, 0.25) is 0 Å². The number of β-amino-alcohol motifs (C(OH)–C–C–N with tert-alkyl or cyclic N) is 1. The Morgan fingerprint density at radius 3 is 2.95 bits per heavy atom. The third-order valence-corrected chi connectivity index (χ3v) is 5.35. The van der Waals surface area contributed by atoms with Crippen LogP contribution in [0.1, 0.15) is 6.92 Å². The lowest BCUT2D eigenvalue weighted by Gasteiger charge is -2.34. The predicted octanol–water partition coefficient (Wildman–Crippen LogP) is 0.127. The number of hydrogen-bond acceptors (Lipinski definition) is 6. The van der Waals surface area contributed by atoms with E-state index >= 15 is 0 Å². The first-order valence-corrected chi connectivity index (χ1v) is 8.79. The fraction of sp³-hybridized carbons (Fsp3) is 0.571. The molecule has 1 saturated heterocycles. The van der Waals surface area contributed by atoms with Gasteiger partial charge >= 0.3 is 0 Å². The second kappa shape index (κ2) is 6.64. The molecule has 1 aliphatic rings. The zero-order valence-corrected chi connectivity index (χ0v) is 12.9. The molecule has 1 aromatic rings. The van der Waals surface area contributed by atoms with Gasteiger partial charge in [-0.1, -0.05) is 6.07 Å². The smallest absolute Gasteiger partial charge is 0.153 e. The molecule has 0 spiro atoms. The summed E-state index contributed by atoms with van der Waals surface area (Å²) in [7, 11) is -2.93. The molecule has 3 N–H and O–H groups in total. The van der Waals surface area contributed by atoms with E-state index in [1.165, 1.54) is 0 Å². The molecule has 0 bridgehead atoms. The van der Waals surface area contributed by atoms with Gasteiger partial charge in [0, 0.05) is 30.9 Å². The van der Waals surface area contributed by atoms with E-state index in [1.807, 2.05) is 11.8 Å². The van der Waals surface area contributed by atoms with E-state index in [9.17, 15) is 13.5 Å². The highest BCUT2D eigenvalue weighted by Crippen LogP contribution is 2.15. The number of aliphatic hydroxyl groups excluding tert-OH is 1. The normalized spacial score (nSPS) is 23.6. The highest BCUT2D eigenvalue weighted by Gasteiger charge is 2.29. The molecule has 1 aliphatic heterocycles. The van der Waals surface area contributed by atoms with E-state index in [0.717, 1.165) is 0 Å². The summed E-state index contributed by atoms with van der Waals surface area (Å²) >= 11 is 0. The van der Waals surface area contributed by atoms with Crippen LogP contribution in [0, 0.1) is 0 Å². The van der Waals surface area contributed by atoms with Crippen LogP contribution in [0.25, 0.3) is 0 Å². The maximum atomic E-state index is 11.5. The molecule has 2 rings (SSSR count). The van der Waals surface area contributed by atoms with Crippen molar-refractivity contribution < 1.29 is 18.3 Å². The van der Waals surface area contributed by atoms with Gasteiger partial charge in [-0.25, -0.2) is 8.42 Å². The van der Waals surface area contributed by atoms with Gasteiger partial charge in [-0.15, -0.1) is 0 Å². The van der Waals surface area contributed by atoms with Crippen LogP contribution >= 0.6 is 0 Å². The fourth-order valence-electron chi connectivity index (χ4n) is 2.42. The molecule has 1 fully saturated rings. The molecule has 118 valence electrons. The number of benzene rings is 1. The largest absolute Gasteiger partial charge is 0.491 e. The number of sulfone groups is 1. The first-order valence-electron chi connectivity index (χ1n) is 6.96. The summed E-state index contributed by atoms with van der Waals surface area (Å²) < 4.78 is 28.5. The average molecular weight is 314 g/mol. The maximum absolute atomic E-state index is 11.5. The number of anilines is 1. The lowest BCUT2D eigenvalue weighted by atomic mass is 10.2. The van der Waals surface area contributed by atoms with Gasteiger partial charge in [0.05, 0.1) is 11.5 Å². The van der Waals surface area contributed by atoms with E-state index in [2.05, 4.69) is 0 Å². The maximum Gasteiger partial charge on any atom is 0.153 e. The predicted molar refractivity (Wildman–Crippen MR) is 82.0 cm³/mol. The van der Waals surface area contributed by atoms with E-state index in [0.29, 0.717) is 24.5 Å². The van der Waals surface area contributed by atoms with Gasteiger partial charge in [-0.2, -0.15) is 0 Å². The van der Waals surface area contributed by atoms with Crippen molar-refractivity contribution in [2.45, 2.75) is 19.1 Å². The lowest BCUT2D eigenvalue weighted by Crippen LogP contribution is -2.50. The molecule has 7 heteroatoms. The molecule has 6 nitrogen and oxygen atoms in total. The lowest BCUT2D eigenvalue weighted by molar-refractivity contribution is 0.0588. The molecular weight excluding hydrogens is 292 g/mol. The minimum Gasteiger partial charge on any atom is -0.491 e. The van der Waals surface area contributed by atoms with Crippen molar-refractivity contribution in [1.29, 1.82) is 0 Å². The number of aliphatic hydroxyl groups is 1. The highest BCUT2D eigenvalue weighted by atomic mass is 32.2. The molecule has 2 atom stereocenters. The topological polar surface area (TPSA) is 92.9 Å². The van der Waals surface area contributed by atoms with E-state index in [4.69, 9.17) is 10.5 Å². The quantitative estimate of drug-likeness (QED) is 0.750. The molecule has 21 heavy (non-hydrogen) atoms. The van der Waals surface area contributed by atoms with Crippen molar-refractivity contribution in [3.63, 3.8) is 0 Å². The van der Waals surface area contributed by atoms with Crippen LogP contribution in [0.5, 0.6) is 5.75 Å². The molecule has 2 unspecified atom stereocenters. The van der Waals surface area contributed by atoms with Gasteiger partial charge in [-0.05, 0) is 19.1 Å². The minimum atomic E-state index is -2.93. The Bertz CT molecular complexity index is 576. The zero-order valence-electron chi connectivity index (χ0n) is 12.1. The van der Waals surface area contributed by atoms with Gasteiger partial charge in [0.1, 0.15) is 18.5 Å². The van der Waals surface area contributed by atoms with Crippen molar-refractivity contribution in [3.05, 3.63) is 24.3 Å². The van der Waals surface area contributed by atoms with Crippen LogP contribution in [0.4, 0.5) is 5.69 Å². The van der Waals surface area contributed by atoms with Crippen molar-refractivity contribution in [2.24, 2.45) is 0 Å².